The molecule has 18 heavy (non-hydrogen) atoms. The molecule has 0 radical (unpaired) electrons. The second-order valence-corrected chi connectivity index (χ2v) is 5.46. The molecule has 0 N–H and O–H groups in total. The number of piperidine rings is 1. The average molecular weight is 248 g/mol. The van der Waals surface area contributed by atoms with Crippen LogP contribution in [0.3, 0.4) is 0 Å². The molecule has 1 aliphatic heterocycles. The minimum atomic E-state index is 0.461. The molecule has 1 aliphatic rings. The number of hydrogen-bond acceptors (Lipinski definition) is 3. The highest BCUT2D eigenvalue weighted by atomic mass is 16.5. The van der Waals surface area contributed by atoms with Gasteiger partial charge in [0.2, 0.25) is 0 Å². The monoisotopic (exact) mass is 248 g/mol. The van der Waals surface area contributed by atoms with E-state index in [2.05, 4.69) is 35.9 Å². The van der Waals surface area contributed by atoms with Gasteiger partial charge in [-0.05, 0) is 30.4 Å². The van der Waals surface area contributed by atoms with Crippen LogP contribution in [0.15, 0.2) is 18.3 Å². The van der Waals surface area contributed by atoms with Crippen LogP contribution in [0.4, 0.5) is 0 Å². The van der Waals surface area contributed by atoms with Crippen LogP contribution >= 0.6 is 0 Å². The lowest BCUT2D eigenvalue weighted by atomic mass is 10.1. The van der Waals surface area contributed by atoms with E-state index in [0.29, 0.717) is 12.0 Å². The molecule has 1 saturated heterocycles. The molecular weight excluding hydrogens is 224 g/mol. The van der Waals surface area contributed by atoms with E-state index in [1.54, 1.807) is 0 Å². The number of hydrogen-bond donors (Lipinski definition) is 0. The Hall–Kier alpha value is -0.930. The molecule has 1 fully saturated rings. The minimum Gasteiger partial charge on any atom is -0.381 e. The zero-order chi connectivity index (χ0) is 13.0. The van der Waals surface area contributed by atoms with Gasteiger partial charge in [0.05, 0.1) is 6.10 Å². The fraction of sp³-hybridized carbons (Fsp3) is 0.667. The van der Waals surface area contributed by atoms with Gasteiger partial charge in [0.25, 0.3) is 0 Å². The minimum absolute atomic E-state index is 0.461. The molecule has 0 aromatic carbocycles. The predicted octanol–water partition coefficient (Wildman–Crippen LogP) is 2.82. The fourth-order valence-corrected chi connectivity index (χ4v) is 2.43. The van der Waals surface area contributed by atoms with Crippen LogP contribution in [0.2, 0.25) is 0 Å². The molecule has 0 saturated carbocycles. The molecular formula is C15H24N2O. The van der Waals surface area contributed by atoms with Crippen molar-refractivity contribution < 1.29 is 4.74 Å². The van der Waals surface area contributed by atoms with Crippen molar-refractivity contribution in [1.29, 1.82) is 0 Å². The van der Waals surface area contributed by atoms with E-state index >= 15 is 0 Å². The maximum Gasteiger partial charge on any atom is 0.0595 e. The molecule has 0 atom stereocenters. The summed E-state index contributed by atoms with van der Waals surface area (Å²) in [5.74, 6) is 0.511. The summed E-state index contributed by atoms with van der Waals surface area (Å²) in [5, 5.41) is 0. The van der Waals surface area contributed by atoms with Crippen LogP contribution in [0.5, 0.6) is 0 Å². The van der Waals surface area contributed by atoms with Gasteiger partial charge in [-0.2, -0.15) is 0 Å². The van der Waals surface area contributed by atoms with Gasteiger partial charge in [-0.25, -0.2) is 0 Å². The van der Waals surface area contributed by atoms with Gasteiger partial charge in [-0.15, -0.1) is 0 Å². The lowest BCUT2D eigenvalue weighted by Crippen LogP contribution is -2.36. The van der Waals surface area contributed by atoms with Gasteiger partial charge in [0.1, 0.15) is 0 Å². The maximum atomic E-state index is 5.39. The molecule has 0 bridgehead atoms. The Balaban J connectivity index is 1.86. The summed E-state index contributed by atoms with van der Waals surface area (Å²) in [5.41, 5.74) is 2.49. The molecule has 1 aromatic rings. The smallest absolute Gasteiger partial charge is 0.0595 e. The Morgan fingerprint density at radius 3 is 2.56 bits per heavy atom. The van der Waals surface area contributed by atoms with Gasteiger partial charge >= 0.3 is 0 Å². The summed E-state index contributed by atoms with van der Waals surface area (Å²) in [6, 6.07) is 4.37. The van der Waals surface area contributed by atoms with Crippen molar-refractivity contribution in [2.45, 2.75) is 45.3 Å². The quantitative estimate of drug-likeness (QED) is 0.819. The zero-order valence-corrected chi connectivity index (χ0v) is 11.7. The third-order valence-corrected chi connectivity index (χ3v) is 3.71. The average Bonchev–Trinajstić information content (AvgIpc) is 2.40. The van der Waals surface area contributed by atoms with Crippen molar-refractivity contribution >= 4 is 0 Å². The van der Waals surface area contributed by atoms with Gasteiger partial charge in [-0.3, -0.25) is 9.88 Å². The predicted molar refractivity (Wildman–Crippen MR) is 73.6 cm³/mol. The fourth-order valence-electron chi connectivity index (χ4n) is 2.43. The summed E-state index contributed by atoms with van der Waals surface area (Å²) < 4.78 is 5.39. The molecule has 3 nitrogen and oxygen atoms in total. The standard InChI is InChI=1S/C15H24N2O/c1-12(2)15-5-4-13(10-16-15)11-17-8-6-14(18-3)7-9-17/h4-5,10,12,14H,6-9,11H2,1-3H3. The van der Waals surface area contributed by atoms with Crippen LogP contribution in [0, 0.1) is 0 Å². The summed E-state index contributed by atoms with van der Waals surface area (Å²) >= 11 is 0. The van der Waals surface area contributed by atoms with Crippen LogP contribution < -0.4 is 0 Å². The lowest BCUT2D eigenvalue weighted by molar-refractivity contribution is 0.0388. The molecule has 0 aliphatic carbocycles. The first-order valence-electron chi connectivity index (χ1n) is 6.89. The van der Waals surface area contributed by atoms with Crippen molar-refractivity contribution in [3.63, 3.8) is 0 Å². The van der Waals surface area contributed by atoms with Gasteiger partial charge in [0.15, 0.2) is 0 Å². The van der Waals surface area contributed by atoms with E-state index in [4.69, 9.17) is 4.74 Å². The van der Waals surface area contributed by atoms with Crippen LogP contribution in [0.25, 0.3) is 0 Å². The third kappa shape index (κ3) is 3.53. The van der Waals surface area contributed by atoms with Crippen molar-refractivity contribution in [2.75, 3.05) is 20.2 Å². The molecule has 1 aromatic heterocycles. The molecule has 0 amide bonds. The van der Waals surface area contributed by atoms with E-state index in [-0.39, 0.29) is 0 Å². The second kappa shape index (κ2) is 6.30. The topological polar surface area (TPSA) is 25.4 Å². The SMILES string of the molecule is COC1CCN(Cc2ccc(C(C)C)nc2)CC1. The van der Waals surface area contributed by atoms with Crippen LogP contribution in [-0.2, 0) is 11.3 Å². The van der Waals surface area contributed by atoms with Crippen molar-refractivity contribution in [2.24, 2.45) is 0 Å². The number of methoxy groups -OCH3 is 1. The van der Waals surface area contributed by atoms with E-state index in [1.165, 1.54) is 11.3 Å². The second-order valence-electron chi connectivity index (χ2n) is 5.46. The Labute approximate surface area is 110 Å². The van der Waals surface area contributed by atoms with Crippen molar-refractivity contribution in [3.05, 3.63) is 29.6 Å². The number of likely N-dealkylation sites (tertiary alicyclic amines) is 1. The number of pyridine rings is 1. The van der Waals surface area contributed by atoms with Gasteiger partial charge in [-0.1, -0.05) is 19.9 Å². The normalized spacial score (nSPS) is 18.4. The number of ether oxygens (including phenoxy) is 1. The van der Waals surface area contributed by atoms with E-state index in [9.17, 15) is 0 Å². The first kappa shape index (κ1) is 13.5. The molecule has 2 heterocycles. The van der Waals surface area contributed by atoms with Crippen LogP contribution in [0.1, 0.15) is 43.9 Å². The number of aromatic nitrogens is 1. The summed E-state index contributed by atoms with van der Waals surface area (Å²) in [6.45, 7) is 7.63. The van der Waals surface area contributed by atoms with Gasteiger partial charge in [0, 0.05) is 38.6 Å². The van der Waals surface area contributed by atoms with E-state index in [1.807, 2.05) is 13.3 Å². The van der Waals surface area contributed by atoms with Crippen molar-refractivity contribution in [3.8, 4) is 0 Å². The van der Waals surface area contributed by atoms with Crippen LogP contribution in [-0.4, -0.2) is 36.2 Å². The Bertz CT molecular complexity index is 353. The van der Waals surface area contributed by atoms with E-state index < -0.39 is 0 Å². The zero-order valence-electron chi connectivity index (χ0n) is 11.7. The highest BCUT2D eigenvalue weighted by Crippen LogP contribution is 2.16. The maximum absolute atomic E-state index is 5.39. The lowest BCUT2D eigenvalue weighted by Gasteiger charge is -2.31. The first-order chi connectivity index (χ1) is 8.69. The largest absolute Gasteiger partial charge is 0.381 e. The summed E-state index contributed by atoms with van der Waals surface area (Å²) in [6.07, 6.45) is 4.78. The summed E-state index contributed by atoms with van der Waals surface area (Å²) in [4.78, 5) is 7.01. The Morgan fingerprint density at radius 1 is 1.33 bits per heavy atom. The molecule has 100 valence electrons. The Kier molecular flexibility index (Phi) is 4.72. The molecule has 0 unspecified atom stereocenters. The first-order valence-corrected chi connectivity index (χ1v) is 6.89. The Morgan fingerprint density at radius 2 is 2.06 bits per heavy atom. The summed E-state index contributed by atoms with van der Waals surface area (Å²) in [7, 11) is 1.81. The highest BCUT2D eigenvalue weighted by molar-refractivity contribution is 5.16. The van der Waals surface area contributed by atoms with E-state index in [0.717, 1.165) is 32.5 Å². The third-order valence-electron chi connectivity index (χ3n) is 3.71. The highest BCUT2D eigenvalue weighted by Gasteiger charge is 2.18. The molecule has 3 heteroatoms. The number of nitrogens with zero attached hydrogens (tertiary/aromatic N) is 2. The number of rotatable bonds is 4. The molecule has 2 rings (SSSR count). The van der Waals surface area contributed by atoms with Gasteiger partial charge < -0.3 is 4.74 Å². The van der Waals surface area contributed by atoms with Crippen molar-refractivity contribution in [1.82, 2.24) is 9.88 Å². The molecule has 0 spiro atoms.